The normalized spacial score (nSPS) is 20.7. The van der Waals surface area contributed by atoms with E-state index in [-0.39, 0.29) is 5.91 Å². The van der Waals surface area contributed by atoms with Crippen LogP contribution in [-0.4, -0.2) is 71.6 Å². The molecule has 0 atom stereocenters. The SMILES string of the molecule is O=C1CCN2CCN(CC2)Cc2ccc(cc2)Nc2ccnc(n2)Nc2ccc(c(CI)c2)OCCCN1. The van der Waals surface area contributed by atoms with Gasteiger partial charge in [0.25, 0.3) is 0 Å². The smallest absolute Gasteiger partial charge is 0.229 e. The lowest BCUT2D eigenvalue weighted by molar-refractivity contribution is -0.121. The summed E-state index contributed by atoms with van der Waals surface area (Å²) in [4.78, 5) is 26.2. The number of alkyl halides is 1. The second-order valence-corrected chi connectivity index (χ2v) is 10.4. The molecule has 1 fully saturated rings. The molecular weight excluding hydrogens is 593 g/mol. The molecule has 200 valence electrons. The zero-order valence-corrected chi connectivity index (χ0v) is 23.6. The summed E-state index contributed by atoms with van der Waals surface area (Å²) in [6.45, 7) is 6.90. The summed E-state index contributed by atoms with van der Waals surface area (Å²) < 4.78 is 6.84. The number of amides is 1. The summed E-state index contributed by atoms with van der Waals surface area (Å²) >= 11 is 2.34. The summed E-state index contributed by atoms with van der Waals surface area (Å²) in [5.74, 6) is 2.22. The number of anilines is 4. The van der Waals surface area contributed by atoms with Crippen molar-refractivity contribution in [1.82, 2.24) is 25.1 Å². The van der Waals surface area contributed by atoms with Crippen LogP contribution in [0.3, 0.4) is 0 Å². The number of ether oxygens (including phenoxy) is 1. The highest BCUT2D eigenvalue weighted by Gasteiger charge is 2.18. The van der Waals surface area contributed by atoms with E-state index >= 15 is 0 Å². The average molecular weight is 628 g/mol. The number of fused-ring (bicyclic) bond motifs is 1. The molecule has 6 aliphatic rings. The van der Waals surface area contributed by atoms with Crippen LogP contribution in [0.25, 0.3) is 0 Å². The first-order valence-corrected chi connectivity index (χ1v) is 14.7. The van der Waals surface area contributed by atoms with E-state index in [2.05, 4.69) is 88.6 Å². The van der Waals surface area contributed by atoms with E-state index in [1.807, 2.05) is 18.2 Å². The molecule has 1 amide bonds. The second-order valence-electron chi connectivity index (χ2n) is 9.59. The Balaban J connectivity index is 1.31. The Labute approximate surface area is 237 Å². The van der Waals surface area contributed by atoms with Gasteiger partial charge in [-0.3, -0.25) is 9.69 Å². The maximum absolute atomic E-state index is 12.3. The third kappa shape index (κ3) is 7.55. The van der Waals surface area contributed by atoms with Crippen molar-refractivity contribution in [1.29, 1.82) is 0 Å². The van der Waals surface area contributed by atoms with E-state index in [1.165, 1.54) is 5.56 Å². The van der Waals surface area contributed by atoms with Crippen LogP contribution in [0.15, 0.2) is 54.7 Å². The van der Waals surface area contributed by atoms with E-state index in [9.17, 15) is 4.79 Å². The Morgan fingerprint density at radius 3 is 2.53 bits per heavy atom. The van der Waals surface area contributed by atoms with Crippen LogP contribution in [0.4, 0.5) is 23.1 Å². The van der Waals surface area contributed by atoms with Crippen molar-refractivity contribution < 1.29 is 9.53 Å². The van der Waals surface area contributed by atoms with Crippen molar-refractivity contribution in [2.45, 2.75) is 23.8 Å². The molecule has 6 aliphatic heterocycles. The molecule has 3 aromatic rings. The van der Waals surface area contributed by atoms with Crippen LogP contribution in [0.2, 0.25) is 0 Å². The fourth-order valence-electron chi connectivity index (χ4n) is 4.62. The minimum absolute atomic E-state index is 0.109. The number of aromatic nitrogens is 2. The number of benzene rings is 2. The number of nitrogens with one attached hydrogen (secondary N) is 3. The third-order valence-electron chi connectivity index (χ3n) is 6.77. The van der Waals surface area contributed by atoms with Gasteiger partial charge in [-0.1, -0.05) is 34.7 Å². The highest BCUT2D eigenvalue weighted by Crippen LogP contribution is 2.27. The Bertz CT molecular complexity index is 1220. The van der Waals surface area contributed by atoms with Crippen molar-refractivity contribution in [2.75, 3.05) is 56.5 Å². The molecule has 0 aliphatic carbocycles. The minimum Gasteiger partial charge on any atom is -0.493 e. The van der Waals surface area contributed by atoms with Crippen LogP contribution in [0, 0.1) is 0 Å². The average Bonchev–Trinajstić information content (AvgIpc) is 2.94. The third-order valence-corrected chi connectivity index (χ3v) is 7.59. The van der Waals surface area contributed by atoms with Crippen molar-refractivity contribution in [2.24, 2.45) is 0 Å². The first-order chi connectivity index (χ1) is 18.6. The number of rotatable bonds is 1. The van der Waals surface area contributed by atoms with Gasteiger partial charge in [0.05, 0.1) is 6.61 Å². The van der Waals surface area contributed by atoms with Crippen molar-refractivity contribution in [3.05, 3.63) is 65.9 Å². The molecule has 0 radical (unpaired) electrons. The van der Waals surface area contributed by atoms with Crippen LogP contribution < -0.4 is 20.7 Å². The molecule has 0 unspecified atom stereocenters. The second kappa shape index (κ2) is 13.2. The van der Waals surface area contributed by atoms with Gasteiger partial charge in [0.1, 0.15) is 11.6 Å². The Kier molecular flexibility index (Phi) is 9.26. The van der Waals surface area contributed by atoms with Gasteiger partial charge < -0.3 is 25.6 Å². The van der Waals surface area contributed by atoms with E-state index in [0.29, 0.717) is 25.5 Å². The number of hydrogen-bond donors (Lipinski definition) is 3. The van der Waals surface area contributed by atoms with E-state index in [4.69, 9.17) is 4.74 Å². The summed E-state index contributed by atoms with van der Waals surface area (Å²) in [6.07, 6.45) is 3.05. The van der Waals surface area contributed by atoms with E-state index in [0.717, 1.165) is 78.6 Å². The predicted octanol–water partition coefficient (Wildman–Crippen LogP) is 4.31. The summed E-state index contributed by atoms with van der Waals surface area (Å²) in [5, 5.41) is 9.73. The molecule has 0 saturated carbocycles. The molecule has 7 heterocycles. The molecule has 0 spiro atoms. The number of carbonyl (C=O) groups is 1. The monoisotopic (exact) mass is 627 g/mol. The Morgan fingerprint density at radius 1 is 0.921 bits per heavy atom. The highest BCUT2D eigenvalue weighted by molar-refractivity contribution is 14.1. The summed E-state index contributed by atoms with van der Waals surface area (Å²) in [6, 6.07) is 16.4. The predicted molar refractivity (Wildman–Crippen MR) is 159 cm³/mol. The van der Waals surface area contributed by atoms with Gasteiger partial charge in [-0.2, -0.15) is 4.98 Å². The van der Waals surface area contributed by atoms with Crippen LogP contribution in [0.1, 0.15) is 24.0 Å². The standard InChI is InChI=1S/C28H34IN7O2/c29-19-22-18-24-6-7-25(22)38-17-1-10-30-27(37)9-12-35-13-15-36(16-14-35)20-21-2-4-23(5-3-21)32-26-8-11-31-28(33-24)34-26/h2-8,11,18H,1,9-10,12-17,19-20H2,(H,30,37)(H2,31,32,33,34). The molecule has 1 aromatic heterocycles. The number of carbonyl (C=O) groups excluding carboxylic acids is 1. The summed E-state index contributed by atoms with van der Waals surface area (Å²) in [5.41, 5.74) is 4.26. The maximum atomic E-state index is 12.3. The zero-order valence-electron chi connectivity index (χ0n) is 21.5. The quantitative estimate of drug-likeness (QED) is 0.272. The van der Waals surface area contributed by atoms with Crippen molar-refractivity contribution in [3.8, 4) is 5.75 Å². The van der Waals surface area contributed by atoms with Crippen molar-refractivity contribution in [3.63, 3.8) is 0 Å². The molecule has 1 saturated heterocycles. The van der Waals surface area contributed by atoms with Crippen LogP contribution in [-0.2, 0) is 15.8 Å². The molecule has 8 bridgehead atoms. The van der Waals surface area contributed by atoms with Crippen LogP contribution >= 0.6 is 22.6 Å². The molecular formula is C28H34IN7O2. The van der Waals surface area contributed by atoms with Gasteiger partial charge in [-0.05, 0) is 48.4 Å². The fraction of sp³-hybridized carbons (Fsp3) is 0.393. The zero-order chi connectivity index (χ0) is 26.2. The topological polar surface area (TPSA) is 94.7 Å². The first-order valence-electron chi connectivity index (χ1n) is 13.1. The number of piperazine rings is 1. The molecule has 38 heavy (non-hydrogen) atoms. The van der Waals surface area contributed by atoms with Gasteiger partial charge in [0.15, 0.2) is 0 Å². The molecule has 9 nitrogen and oxygen atoms in total. The van der Waals surface area contributed by atoms with Gasteiger partial charge in [-0.15, -0.1) is 0 Å². The Morgan fingerprint density at radius 2 is 1.71 bits per heavy atom. The van der Waals surface area contributed by atoms with Gasteiger partial charge in [0.2, 0.25) is 11.9 Å². The first kappa shape index (κ1) is 26.6. The van der Waals surface area contributed by atoms with Crippen molar-refractivity contribution >= 4 is 51.6 Å². The fourth-order valence-corrected chi connectivity index (χ4v) is 5.22. The maximum Gasteiger partial charge on any atom is 0.229 e. The Hall–Kier alpha value is -2.96. The van der Waals surface area contributed by atoms with E-state index in [1.54, 1.807) is 6.20 Å². The molecule has 3 N–H and O–H groups in total. The number of hydrogen-bond acceptors (Lipinski definition) is 8. The van der Waals surface area contributed by atoms with Gasteiger partial charge in [-0.25, -0.2) is 4.98 Å². The van der Waals surface area contributed by atoms with E-state index < -0.39 is 0 Å². The van der Waals surface area contributed by atoms with Crippen LogP contribution in [0.5, 0.6) is 5.75 Å². The molecule has 9 rings (SSSR count). The number of nitrogens with zero attached hydrogens (tertiary/aromatic N) is 4. The molecule has 2 aromatic carbocycles. The lowest BCUT2D eigenvalue weighted by Crippen LogP contribution is -2.46. The largest absolute Gasteiger partial charge is 0.493 e. The lowest BCUT2D eigenvalue weighted by atomic mass is 10.1. The van der Waals surface area contributed by atoms with Gasteiger partial charge >= 0.3 is 0 Å². The molecule has 10 heteroatoms. The van der Waals surface area contributed by atoms with Gasteiger partial charge in [0, 0.05) is 79.8 Å². The minimum atomic E-state index is 0.109. The highest BCUT2D eigenvalue weighted by atomic mass is 127. The summed E-state index contributed by atoms with van der Waals surface area (Å²) in [7, 11) is 0. The lowest BCUT2D eigenvalue weighted by Gasteiger charge is -2.34. The number of halogens is 1.